The number of halogens is 3. The monoisotopic (exact) mass is 370 g/mol. The van der Waals surface area contributed by atoms with Crippen molar-refractivity contribution in [3.8, 4) is 0 Å². The van der Waals surface area contributed by atoms with Gasteiger partial charge in [-0.25, -0.2) is 14.3 Å². The number of aliphatic hydroxyl groups is 1. The lowest BCUT2D eigenvalue weighted by molar-refractivity contribution is 0.0168. The molecule has 1 amide bonds. The molecule has 8 heteroatoms. The van der Waals surface area contributed by atoms with E-state index in [4.69, 9.17) is 21.5 Å². The van der Waals surface area contributed by atoms with Crippen molar-refractivity contribution in [1.29, 1.82) is 0 Å². The first kappa shape index (κ1) is 19.1. The third-order valence-corrected chi connectivity index (χ3v) is 3.92. The van der Waals surface area contributed by atoms with Gasteiger partial charge in [-0.3, -0.25) is 9.63 Å². The Morgan fingerprint density at radius 2 is 2.24 bits per heavy atom. The summed E-state index contributed by atoms with van der Waals surface area (Å²) in [6, 6.07) is 1.97. The lowest BCUT2D eigenvalue weighted by atomic mass is 9.98. The molecule has 0 bridgehead atoms. The molecule has 0 aliphatic heterocycles. The molecule has 0 radical (unpaired) electrons. The normalized spacial score (nSPS) is 19.3. The van der Waals surface area contributed by atoms with Crippen LogP contribution in [0.25, 0.3) is 0 Å². The van der Waals surface area contributed by atoms with Crippen molar-refractivity contribution >= 4 is 23.2 Å². The highest BCUT2D eigenvalue weighted by Gasteiger charge is 2.23. The first-order chi connectivity index (χ1) is 11.9. The summed E-state index contributed by atoms with van der Waals surface area (Å²) < 4.78 is 27.8. The van der Waals surface area contributed by atoms with Crippen LogP contribution in [0.2, 0.25) is 0 Å². The molecule has 25 heavy (non-hydrogen) atoms. The highest BCUT2D eigenvalue weighted by molar-refractivity contribution is 6.26. The average Bonchev–Trinajstić information content (AvgIpc) is 2.61. The van der Waals surface area contributed by atoms with Crippen LogP contribution >= 0.6 is 11.6 Å². The molecule has 0 spiro atoms. The first-order valence-corrected chi connectivity index (χ1v) is 7.78. The second-order valence-electron chi connectivity index (χ2n) is 5.24. The molecule has 1 aliphatic carbocycles. The van der Waals surface area contributed by atoms with Crippen molar-refractivity contribution < 1.29 is 23.5 Å². The molecular weight excluding hydrogens is 354 g/mol. The number of carbonyl (C=O) groups excluding carboxylic acids is 1. The van der Waals surface area contributed by atoms with E-state index in [9.17, 15) is 13.6 Å². The summed E-state index contributed by atoms with van der Waals surface area (Å²) in [7, 11) is 0. The lowest BCUT2D eigenvalue weighted by Gasteiger charge is -2.22. The van der Waals surface area contributed by atoms with Gasteiger partial charge in [-0.1, -0.05) is 18.2 Å². The molecule has 1 aliphatic rings. The van der Waals surface area contributed by atoms with Crippen LogP contribution < -0.4 is 10.8 Å². The number of nitrogens with one attached hydrogen (secondary N) is 2. The Balaban J connectivity index is 2.25. The summed E-state index contributed by atoms with van der Waals surface area (Å²) in [5.41, 5.74) is 2.01. The van der Waals surface area contributed by atoms with Gasteiger partial charge in [0.05, 0.1) is 29.3 Å². The van der Waals surface area contributed by atoms with Crippen LogP contribution in [0.4, 0.5) is 14.5 Å². The minimum Gasteiger partial charge on any atom is -0.394 e. The van der Waals surface area contributed by atoms with Gasteiger partial charge < -0.3 is 10.4 Å². The quantitative estimate of drug-likeness (QED) is 0.298. The van der Waals surface area contributed by atoms with Crippen molar-refractivity contribution in [3.05, 3.63) is 65.9 Å². The van der Waals surface area contributed by atoms with Crippen LogP contribution in [0.3, 0.4) is 0 Å². The van der Waals surface area contributed by atoms with E-state index >= 15 is 0 Å². The van der Waals surface area contributed by atoms with Gasteiger partial charge in [0.2, 0.25) is 0 Å². The van der Waals surface area contributed by atoms with Gasteiger partial charge in [-0.05, 0) is 24.6 Å². The number of aliphatic hydroxyl groups excluding tert-OH is 1. The molecule has 1 aromatic rings. The number of alkyl halides is 1. The number of hydrogen-bond donors (Lipinski definition) is 3. The molecule has 0 saturated heterocycles. The van der Waals surface area contributed by atoms with Crippen LogP contribution in [-0.2, 0) is 4.84 Å². The molecule has 3 N–H and O–H groups in total. The summed E-state index contributed by atoms with van der Waals surface area (Å²) in [4.78, 5) is 16.0. The zero-order valence-corrected chi connectivity index (χ0v) is 13.9. The van der Waals surface area contributed by atoms with Crippen molar-refractivity contribution in [3.63, 3.8) is 0 Å². The lowest BCUT2D eigenvalue weighted by Crippen LogP contribution is -2.26. The zero-order valence-electron chi connectivity index (χ0n) is 13.2. The molecular formula is C17H17ClF2N2O3. The van der Waals surface area contributed by atoms with Crippen LogP contribution in [0, 0.1) is 11.6 Å². The molecule has 2 rings (SSSR count). The topological polar surface area (TPSA) is 70.6 Å². The molecule has 1 unspecified atom stereocenters. The molecule has 134 valence electrons. The maximum absolute atomic E-state index is 14.2. The minimum atomic E-state index is -1.20. The van der Waals surface area contributed by atoms with Crippen molar-refractivity contribution in [1.82, 2.24) is 5.48 Å². The molecule has 5 nitrogen and oxygen atoms in total. The van der Waals surface area contributed by atoms with Crippen LogP contribution in [0.1, 0.15) is 16.8 Å². The Morgan fingerprint density at radius 3 is 2.84 bits per heavy atom. The zero-order chi connectivity index (χ0) is 18.4. The van der Waals surface area contributed by atoms with E-state index in [1.165, 1.54) is 0 Å². The number of hydroxylamine groups is 1. The Bertz CT molecular complexity index is 737. The molecule has 0 aromatic heterocycles. The predicted molar refractivity (Wildman–Crippen MR) is 91.1 cm³/mol. The number of benzene rings is 1. The standard InChI is InChI=1S/C17H17ClF2N2O3/c1-2-17(18)7-5-11(6-8-17)21-15-12(3-4-13(19)14(15)20)16(24)22-25-10-9-23/h2-7,21,23H,1,8-10H2,(H,22,24). The fourth-order valence-electron chi connectivity index (χ4n) is 2.10. The van der Waals surface area contributed by atoms with E-state index in [-0.39, 0.29) is 24.5 Å². The average molecular weight is 371 g/mol. The van der Waals surface area contributed by atoms with Crippen LogP contribution in [0.15, 0.2) is 48.7 Å². The number of rotatable bonds is 7. The van der Waals surface area contributed by atoms with E-state index in [1.807, 2.05) is 5.48 Å². The van der Waals surface area contributed by atoms with E-state index in [0.29, 0.717) is 12.1 Å². The fourth-order valence-corrected chi connectivity index (χ4v) is 2.24. The summed E-state index contributed by atoms with van der Waals surface area (Å²) in [6.45, 7) is 3.20. The molecule has 1 atom stereocenters. The van der Waals surface area contributed by atoms with Gasteiger partial charge in [0.15, 0.2) is 11.6 Å². The summed E-state index contributed by atoms with van der Waals surface area (Å²) >= 11 is 6.22. The largest absolute Gasteiger partial charge is 0.394 e. The molecule has 0 fully saturated rings. The Kier molecular flexibility index (Phi) is 6.30. The number of anilines is 1. The third-order valence-electron chi connectivity index (χ3n) is 3.48. The summed E-state index contributed by atoms with van der Waals surface area (Å²) in [5, 5.41) is 11.3. The van der Waals surface area contributed by atoms with E-state index in [1.54, 1.807) is 24.3 Å². The minimum absolute atomic E-state index is 0.134. The summed E-state index contributed by atoms with van der Waals surface area (Å²) in [6.07, 6.45) is 6.90. The van der Waals surface area contributed by atoms with Gasteiger partial charge in [-0.2, -0.15) is 0 Å². The van der Waals surface area contributed by atoms with Crippen molar-refractivity contribution in [2.45, 2.75) is 11.3 Å². The van der Waals surface area contributed by atoms with Gasteiger partial charge in [0.25, 0.3) is 5.91 Å². The Hall–Kier alpha value is -2.22. The number of allylic oxidation sites excluding steroid dienone is 4. The number of amides is 1. The van der Waals surface area contributed by atoms with Crippen LogP contribution in [0.5, 0.6) is 0 Å². The third kappa shape index (κ3) is 4.66. The highest BCUT2D eigenvalue weighted by atomic mass is 35.5. The SMILES string of the molecule is C=CC1(Cl)C=CC(Nc2c(C(=O)NOCCO)ccc(F)c2F)=CC1. The second-order valence-corrected chi connectivity index (χ2v) is 5.94. The summed E-state index contributed by atoms with van der Waals surface area (Å²) in [5.74, 6) is -3.09. The molecule has 0 saturated carbocycles. The van der Waals surface area contributed by atoms with Gasteiger partial charge in [0.1, 0.15) is 0 Å². The second kappa shape index (κ2) is 8.24. The van der Waals surface area contributed by atoms with E-state index in [2.05, 4.69) is 11.9 Å². The predicted octanol–water partition coefficient (Wildman–Crippen LogP) is 3.04. The maximum atomic E-state index is 14.2. The van der Waals surface area contributed by atoms with E-state index < -0.39 is 22.4 Å². The van der Waals surface area contributed by atoms with Gasteiger partial charge >= 0.3 is 0 Å². The fraction of sp³-hybridized carbons (Fsp3) is 0.235. The Labute approximate surface area is 148 Å². The van der Waals surface area contributed by atoms with Crippen LogP contribution in [-0.4, -0.2) is 29.1 Å². The van der Waals surface area contributed by atoms with Gasteiger partial charge in [-0.15, -0.1) is 18.2 Å². The number of carbonyl (C=O) groups is 1. The molecule has 1 aromatic carbocycles. The smallest absolute Gasteiger partial charge is 0.277 e. The molecule has 0 heterocycles. The maximum Gasteiger partial charge on any atom is 0.277 e. The Morgan fingerprint density at radius 1 is 1.48 bits per heavy atom. The van der Waals surface area contributed by atoms with Gasteiger partial charge in [0, 0.05) is 5.70 Å². The first-order valence-electron chi connectivity index (χ1n) is 7.40. The van der Waals surface area contributed by atoms with Crippen molar-refractivity contribution in [2.24, 2.45) is 0 Å². The number of hydrogen-bond acceptors (Lipinski definition) is 4. The van der Waals surface area contributed by atoms with E-state index in [0.717, 1.165) is 12.1 Å². The highest BCUT2D eigenvalue weighted by Crippen LogP contribution is 2.31. The van der Waals surface area contributed by atoms with Crippen molar-refractivity contribution in [2.75, 3.05) is 18.5 Å².